The molecule has 0 saturated carbocycles. The van der Waals surface area contributed by atoms with Gasteiger partial charge in [0.2, 0.25) is 0 Å². The van der Waals surface area contributed by atoms with Crippen LogP contribution in [0.4, 0.5) is 0 Å². The molecule has 0 spiro atoms. The SMILES string of the molecule is CCn1cc(COc2cccnc2Br)cn1. The van der Waals surface area contributed by atoms with Gasteiger partial charge in [-0.2, -0.15) is 5.10 Å². The molecule has 2 aromatic rings. The molecule has 0 unspecified atom stereocenters. The lowest BCUT2D eigenvalue weighted by Crippen LogP contribution is -1.96. The Hall–Kier alpha value is -1.36. The highest BCUT2D eigenvalue weighted by Gasteiger charge is 2.02. The molecule has 0 saturated heterocycles. The van der Waals surface area contributed by atoms with Gasteiger partial charge < -0.3 is 4.74 Å². The Kier molecular flexibility index (Phi) is 3.56. The lowest BCUT2D eigenvalue weighted by Gasteiger charge is -2.05. The zero-order chi connectivity index (χ0) is 11.4. The third kappa shape index (κ3) is 2.61. The van der Waals surface area contributed by atoms with Gasteiger partial charge in [0.1, 0.15) is 11.2 Å². The number of hydrogen-bond acceptors (Lipinski definition) is 3. The first kappa shape index (κ1) is 11.1. The molecule has 4 nitrogen and oxygen atoms in total. The minimum absolute atomic E-state index is 0.504. The maximum Gasteiger partial charge on any atom is 0.152 e. The second-order valence-electron chi connectivity index (χ2n) is 3.29. The Morgan fingerprint density at radius 3 is 3.06 bits per heavy atom. The van der Waals surface area contributed by atoms with Crippen molar-refractivity contribution in [3.8, 4) is 5.75 Å². The zero-order valence-corrected chi connectivity index (χ0v) is 10.5. The summed E-state index contributed by atoms with van der Waals surface area (Å²) in [5, 5.41) is 4.18. The molecular weight excluding hydrogens is 270 g/mol. The van der Waals surface area contributed by atoms with Crippen molar-refractivity contribution in [2.24, 2.45) is 0 Å². The van der Waals surface area contributed by atoms with Gasteiger partial charge in [-0.25, -0.2) is 4.98 Å². The van der Waals surface area contributed by atoms with E-state index in [1.165, 1.54) is 0 Å². The molecule has 0 N–H and O–H groups in total. The van der Waals surface area contributed by atoms with Crippen LogP contribution in [0.1, 0.15) is 12.5 Å². The van der Waals surface area contributed by atoms with Gasteiger partial charge in [-0.3, -0.25) is 4.68 Å². The molecular formula is C11H12BrN3O. The van der Waals surface area contributed by atoms with Gasteiger partial charge in [-0.1, -0.05) is 0 Å². The lowest BCUT2D eigenvalue weighted by atomic mass is 10.4. The molecule has 84 valence electrons. The molecule has 2 heterocycles. The van der Waals surface area contributed by atoms with E-state index in [-0.39, 0.29) is 0 Å². The van der Waals surface area contributed by atoms with Gasteiger partial charge >= 0.3 is 0 Å². The maximum atomic E-state index is 5.62. The summed E-state index contributed by atoms with van der Waals surface area (Å²) in [4.78, 5) is 4.08. The van der Waals surface area contributed by atoms with E-state index in [0.29, 0.717) is 6.61 Å². The molecule has 16 heavy (non-hydrogen) atoms. The molecule has 0 fully saturated rings. The summed E-state index contributed by atoms with van der Waals surface area (Å²) in [6, 6.07) is 3.72. The third-order valence-corrected chi connectivity index (χ3v) is 2.73. The highest BCUT2D eigenvalue weighted by atomic mass is 79.9. The molecule has 0 aliphatic carbocycles. The summed E-state index contributed by atoms with van der Waals surface area (Å²) in [6.45, 7) is 3.43. The van der Waals surface area contributed by atoms with Gasteiger partial charge in [-0.05, 0) is 35.0 Å². The Balaban J connectivity index is 1.99. The molecule has 0 amide bonds. The Bertz CT molecular complexity index is 470. The smallest absolute Gasteiger partial charge is 0.152 e. The zero-order valence-electron chi connectivity index (χ0n) is 8.93. The molecule has 0 aliphatic rings. The van der Waals surface area contributed by atoms with Crippen molar-refractivity contribution in [3.63, 3.8) is 0 Å². The van der Waals surface area contributed by atoms with Crippen molar-refractivity contribution in [1.82, 2.24) is 14.8 Å². The van der Waals surface area contributed by atoms with Gasteiger partial charge in [-0.15, -0.1) is 0 Å². The average molecular weight is 282 g/mol. The van der Waals surface area contributed by atoms with Crippen LogP contribution in [0.25, 0.3) is 0 Å². The van der Waals surface area contributed by atoms with E-state index in [2.05, 4.69) is 32.9 Å². The monoisotopic (exact) mass is 281 g/mol. The summed E-state index contributed by atoms with van der Waals surface area (Å²) >= 11 is 3.33. The third-order valence-electron chi connectivity index (χ3n) is 2.13. The fourth-order valence-corrected chi connectivity index (χ4v) is 1.66. The normalized spacial score (nSPS) is 10.4. The number of halogens is 1. The summed E-state index contributed by atoms with van der Waals surface area (Å²) in [7, 11) is 0. The predicted molar refractivity (Wildman–Crippen MR) is 64.2 cm³/mol. The van der Waals surface area contributed by atoms with E-state index in [1.54, 1.807) is 6.20 Å². The van der Waals surface area contributed by atoms with Crippen LogP contribution >= 0.6 is 15.9 Å². The van der Waals surface area contributed by atoms with E-state index < -0.39 is 0 Å². The highest BCUT2D eigenvalue weighted by Crippen LogP contribution is 2.21. The molecule has 0 radical (unpaired) electrons. The molecule has 0 aliphatic heterocycles. The highest BCUT2D eigenvalue weighted by molar-refractivity contribution is 9.10. The fourth-order valence-electron chi connectivity index (χ4n) is 1.29. The van der Waals surface area contributed by atoms with Crippen LogP contribution in [0.5, 0.6) is 5.75 Å². The van der Waals surface area contributed by atoms with Crippen LogP contribution < -0.4 is 4.74 Å². The number of ether oxygens (including phenoxy) is 1. The van der Waals surface area contributed by atoms with E-state index in [4.69, 9.17) is 4.74 Å². The van der Waals surface area contributed by atoms with Crippen molar-refractivity contribution < 1.29 is 4.74 Å². The van der Waals surface area contributed by atoms with Crippen LogP contribution in [0.3, 0.4) is 0 Å². The van der Waals surface area contributed by atoms with Crippen molar-refractivity contribution in [2.45, 2.75) is 20.1 Å². The molecule has 2 rings (SSSR count). The van der Waals surface area contributed by atoms with Crippen LogP contribution in [-0.4, -0.2) is 14.8 Å². The Morgan fingerprint density at radius 2 is 2.38 bits per heavy atom. The quantitative estimate of drug-likeness (QED) is 0.809. The number of aromatic nitrogens is 3. The van der Waals surface area contributed by atoms with Crippen LogP contribution in [-0.2, 0) is 13.2 Å². The Labute approximate surface area is 102 Å². The second kappa shape index (κ2) is 5.12. The van der Waals surface area contributed by atoms with Gasteiger partial charge in [0.05, 0.1) is 6.20 Å². The fraction of sp³-hybridized carbons (Fsp3) is 0.273. The van der Waals surface area contributed by atoms with Gasteiger partial charge in [0.25, 0.3) is 0 Å². The van der Waals surface area contributed by atoms with E-state index >= 15 is 0 Å². The largest absolute Gasteiger partial charge is 0.486 e. The second-order valence-corrected chi connectivity index (χ2v) is 4.04. The Morgan fingerprint density at radius 1 is 1.50 bits per heavy atom. The summed E-state index contributed by atoms with van der Waals surface area (Å²) in [5.74, 6) is 0.742. The molecule has 2 aromatic heterocycles. The lowest BCUT2D eigenvalue weighted by molar-refractivity contribution is 0.302. The summed E-state index contributed by atoms with van der Waals surface area (Å²) < 4.78 is 8.21. The topological polar surface area (TPSA) is 39.9 Å². The number of pyridine rings is 1. The molecule has 0 aromatic carbocycles. The minimum Gasteiger partial charge on any atom is -0.486 e. The minimum atomic E-state index is 0.504. The number of hydrogen-bond donors (Lipinski definition) is 0. The first-order chi connectivity index (χ1) is 7.79. The number of rotatable bonds is 4. The number of aryl methyl sites for hydroxylation is 1. The van der Waals surface area contributed by atoms with Crippen LogP contribution in [0, 0.1) is 0 Å². The first-order valence-corrected chi connectivity index (χ1v) is 5.83. The number of nitrogens with zero attached hydrogens (tertiary/aromatic N) is 3. The first-order valence-electron chi connectivity index (χ1n) is 5.04. The maximum absolute atomic E-state index is 5.62. The van der Waals surface area contributed by atoms with Crippen LogP contribution in [0.2, 0.25) is 0 Å². The van der Waals surface area contributed by atoms with E-state index in [1.807, 2.05) is 29.2 Å². The van der Waals surface area contributed by atoms with Gasteiger partial charge in [0.15, 0.2) is 5.75 Å². The van der Waals surface area contributed by atoms with Gasteiger partial charge in [0, 0.05) is 24.5 Å². The standard InChI is InChI=1S/C11H12BrN3O/c1-2-15-7-9(6-14-15)8-16-10-4-3-5-13-11(10)12/h3-7H,2,8H2,1H3. The molecule has 5 heteroatoms. The summed E-state index contributed by atoms with van der Waals surface area (Å²) in [6.07, 6.45) is 5.50. The summed E-state index contributed by atoms with van der Waals surface area (Å²) in [5.41, 5.74) is 1.05. The van der Waals surface area contributed by atoms with Crippen LogP contribution in [0.15, 0.2) is 35.3 Å². The van der Waals surface area contributed by atoms with Crippen molar-refractivity contribution in [1.29, 1.82) is 0 Å². The molecule has 0 bridgehead atoms. The molecule has 0 atom stereocenters. The van der Waals surface area contributed by atoms with Crippen molar-refractivity contribution in [2.75, 3.05) is 0 Å². The van der Waals surface area contributed by atoms with E-state index in [0.717, 1.165) is 22.5 Å². The van der Waals surface area contributed by atoms with Crippen molar-refractivity contribution in [3.05, 3.63) is 40.9 Å². The predicted octanol–water partition coefficient (Wildman–Crippen LogP) is 2.64. The van der Waals surface area contributed by atoms with E-state index in [9.17, 15) is 0 Å². The average Bonchev–Trinajstić information content (AvgIpc) is 2.76. The van der Waals surface area contributed by atoms with Crippen molar-refractivity contribution >= 4 is 15.9 Å².